The first-order valence-electron chi connectivity index (χ1n) is 4.34. The zero-order chi connectivity index (χ0) is 10.6. The average Bonchev–Trinajstić information content (AvgIpc) is 2.14. The summed E-state index contributed by atoms with van der Waals surface area (Å²) in [6, 6.07) is 8.77. The first-order valence-corrected chi connectivity index (χ1v) is 4.34. The molecule has 1 aromatic carbocycles. The highest BCUT2D eigenvalue weighted by atomic mass is 19.4. The molecule has 0 unspecified atom stereocenters. The number of rotatable bonds is 3. The molecule has 0 radical (unpaired) electrons. The Labute approximate surface area is 80.9 Å². The Balaban J connectivity index is 2.48. The van der Waals surface area contributed by atoms with Gasteiger partial charge in [-0.3, -0.25) is 0 Å². The Bertz CT molecular complexity index is 268. The second-order valence-electron chi connectivity index (χ2n) is 3.13. The van der Waals surface area contributed by atoms with Crippen LogP contribution in [0.25, 0.3) is 0 Å². The molecule has 78 valence electrons. The van der Waals surface area contributed by atoms with Crippen molar-refractivity contribution in [1.82, 2.24) is 5.32 Å². The van der Waals surface area contributed by atoms with E-state index in [9.17, 15) is 13.2 Å². The molecule has 0 spiro atoms. The van der Waals surface area contributed by atoms with Crippen LogP contribution >= 0.6 is 0 Å². The van der Waals surface area contributed by atoms with Crippen LogP contribution in [0.3, 0.4) is 0 Å². The van der Waals surface area contributed by atoms with Gasteiger partial charge in [0, 0.05) is 6.04 Å². The summed E-state index contributed by atoms with van der Waals surface area (Å²) in [7, 11) is 0. The Kier molecular flexibility index (Phi) is 3.52. The number of hydrogen-bond donors (Lipinski definition) is 1. The molecule has 0 amide bonds. The van der Waals surface area contributed by atoms with E-state index >= 15 is 0 Å². The topological polar surface area (TPSA) is 12.0 Å². The highest BCUT2D eigenvalue weighted by Gasteiger charge is 2.27. The van der Waals surface area contributed by atoms with Gasteiger partial charge < -0.3 is 5.32 Å². The van der Waals surface area contributed by atoms with E-state index < -0.39 is 12.7 Å². The smallest absolute Gasteiger partial charge is 0.302 e. The van der Waals surface area contributed by atoms with Crippen molar-refractivity contribution >= 4 is 0 Å². The molecule has 0 saturated heterocycles. The van der Waals surface area contributed by atoms with E-state index in [0.29, 0.717) is 0 Å². The molecule has 14 heavy (non-hydrogen) atoms. The summed E-state index contributed by atoms with van der Waals surface area (Å²) in [5.74, 6) is 0. The number of hydrogen-bond acceptors (Lipinski definition) is 1. The predicted molar refractivity (Wildman–Crippen MR) is 48.9 cm³/mol. The molecule has 0 aliphatic rings. The lowest BCUT2D eigenvalue weighted by atomic mass is 10.1. The van der Waals surface area contributed by atoms with E-state index in [1.165, 1.54) is 0 Å². The maximum absolute atomic E-state index is 11.9. The second kappa shape index (κ2) is 4.46. The van der Waals surface area contributed by atoms with E-state index in [2.05, 4.69) is 5.32 Å². The fourth-order valence-corrected chi connectivity index (χ4v) is 1.13. The third kappa shape index (κ3) is 3.79. The van der Waals surface area contributed by atoms with Gasteiger partial charge in [0.15, 0.2) is 0 Å². The van der Waals surface area contributed by atoms with Crippen LogP contribution in [-0.4, -0.2) is 12.7 Å². The van der Waals surface area contributed by atoms with E-state index in [-0.39, 0.29) is 6.04 Å². The Morgan fingerprint density at radius 1 is 1.21 bits per heavy atom. The SMILES string of the molecule is C[C@H](NCC(F)(F)F)c1ccccc1. The van der Waals surface area contributed by atoms with Crippen LogP contribution in [0.4, 0.5) is 13.2 Å². The largest absolute Gasteiger partial charge is 0.401 e. The lowest BCUT2D eigenvalue weighted by molar-refractivity contribution is -0.126. The molecule has 1 rings (SSSR count). The molecule has 1 aromatic rings. The van der Waals surface area contributed by atoms with E-state index in [0.717, 1.165) is 5.56 Å². The molecule has 4 heteroatoms. The molecule has 1 N–H and O–H groups in total. The zero-order valence-corrected chi connectivity index (χ0v) is 7.81. The summed E-state index contributed by atoms with van der Waals surface area (Å²) >= 11 is 0. The first-order chi connectivity index (χ1) is 6.49. The van der Waals surface area contributed by atoms with Crippen LogP contribution in [0.15, 0.2) is 30.3 Å². The van der Waals surface area contributed by atoms with Crippen molar-refractivity contribution in [1.29, 1.82) is 0 Å². The summed E-state index contributed by atoms with van der Waals surface area (Å²) in [6.45, 7) is 0.754. The van der Waals surface area contributed by atoms with E-state index in [1.54, 1.807) is 31.2 Å². The minimum absolute atomic E-state index is 0.280. The summed E-state index contributed by atoms with van der Waals surface area (Å²) in [6.07, 6.45) is -4.15. The quantitative estimate of drug-likeness (QED) is 0.796. The highest BCUT2D eigenvalue weighted by molar-refractivity contribution is 5.17. The van der Waals surface area contributed by atoms with Crippen molar-refractivity contribution in [2.24, 2.45) is 0 Å². The van der Waals surface area contributed by atoms with Crippen molar-refractivity contribution in [3.63, 3.8) is 0 Å². The molecule has 0 aliphatic carbocycles. The van der Waals surface area contributed by atoms with Gasteiger partial charge in [0.05, 0.1) is 6.54 Å². The average molecular weight is 203 g/mol. The van der Waals surface area contributed by atoms with Crippen molar-refractivity contribution in [3.05, 3.63) is 35.9 Å². The first kappa shape index (κ1) is 11.0. The van der Waals surface area contributed by atoms with Gasteiger partial charge in [-0.2, -0.15) is 13.2 Å². The monoisotopic (exact) mass is 203 g/mol. The van der Waals surface area contributed by atoms with Gasteiger partial charge in [0.25, 0.3) is 0 Å². The predicted octanol–water partition coefficient (Wildman–Crippen LogP) is 2.90. The molecule has 0 aromatic heterocycles. The van der Waals surface area contributed by atoms with Crippen molar-refractivity contribution in [2.75, 3.05) is 6.54 Å². The number of benzene rings is 1. The summed E-state index contributed by atoms with van der Waals surface area (Å²) in [5, 5.41) is 2.41. The Morgan fingerprint density at radius 3 is 2.29 bits per heavy atom. The maximum atomic E-state index is 11.9. The second-order valence-corrected chi connectivity index (χ2v) is 3.13. The molecule has 0 heterocycles. The van der Waals surface area contributed by atoms with Gasteiger partial charge >= 0.3 is 6.18 Å². The molecule has 1 nitrogen and oxygen atoms in total. The van der Waals surface area contributed by atoms with Crippen LogP contribution in [0.1, 0.15) is 18.5 Å². The van der Waals surface area contributed by atoms with Crippen molar-refractivity contribution in [3.8, 4) is 0 Å². The number of nitrogens with one attached hydrogen (secondary N) is 1. The molecule has 0 bridgehead atoms. The van der Waals surface area contributed by atoms with E-state index in [4.69, 9.17) is 0 Å². The molecule has 0 aliphatic heterocycles. The molecule has 0 fully saturated rings. The lowest BCUT2D eigenvalue weighted by Gasteiger charge is -2.15. The van der Waals surface area contributed by atoms with E-state index in [1.807, 2.05) is 6.07 Å². The summed E-state index contributed by atoms with van der Waals surface area (Å²) < 4.78 is 35.6. The van der Waals surface area contributed by atoms with Crippen LogP contribution in [0, 0.1) is 0 Å². The maximum Gasteiger partial charge on any atom is 0.401 e. The molecule has 0 saturated carbocycles. The van der Waals surface area contributed by atoms with Gasteiger partial charge in [-0.15, -0.1) is 0 Å². The Morgan fingerprint density at radius 2 is 1.79 bits per heavy atom. The van der Waals surface area contributed by atoms with Gasteiger partial charge in [-0.05, 0) is 12.5 Å². The third-order valence-electron chi connectivity index (χ3n) is 1.91. The van der Waals surface area contributed by atoms with Gasteiger partial charge in [0.2, 0.25) is 0 Å². The fourth-order valence-electron chi connectivity index (χ4n) is 1.13. The van der Waals surface area contributed by atoms with Crippen molar-refractivity contribution < 1.29 is 13.2 Å². The van der Waals surface area contributed by atoms with Crippen LogP contribution in [-0.2, 0) is 0 Å². The zero-order valence-electron chi connectivity index (χ0n) is 7.81. The van der Waals surface area contributed by atoms with Gasteiger partial charge in [-0.25, -0.2) is 0 Å². The van der Waals surface area contributed by atoms with Gasteiger partial charge in [0.1, 0.15) is 0 Å². The Hall–Kier alpha value is -1.03. The fraction of sp³-hybridized carbons (Fsp3) is 0.400. The molecular formula is C10H12F3N. The van der Waals surface area contributed by atoms with Crippen LogP contribution < -0.4 is 5.32 Å². The van der Waals surface area contributed by atoms with Crippen molar-refractivity contribution in [2.45, 2.75) is 19.1 Å². The summed E-state index contributed by atoms with van der Waals surface area (Å²) in [5.41, 5.74) is 0.858. The van der Waals surface area contributed by atoms with Crippen LogP contribution in [0.5, 0.6) is 0 Å². The minimum Gasteiger partial charge on any atom is -0.302 e. The third-order valence-corrected chi connectivity index (χ3v) is 1.91. The normalized spacial score (nSPS) is 14.0. The minimum atomic E-state index is -4.15. The summed E-state index contributed by atoms with van der Waals surface area (Å²) in [4.78, 5) is 0. The highest BCUT2D eigenvalue weighted by Crippen LogP contribution is 2.16. The molecule has 1 atom stereocenters. The molecular weight excluding hydrogens is 191 g/mol. The lowest BCUT2D eigenvalue weighted by Crippen LogP contribution is -2.30. The number of halogens is 3. The standard InChI is InChI=1S/C10H12F3N/c1-8(14-7-10(11,12)13)9-5-3-2-4-6-9/h2-6,8,14H,7H2,1H3/t8-/m0/s1. The van der Waals surface area contributed by atoms with Crippen LogP contribution in [0.2, 0.25) is 0 Å². The van der Waals surface area contributed by atoms with Gasteiger partial charge in [-0.1, -0.05) is 30.3 Å². The number of alkyl halides is 3.